The Morgan fingerprint density at radius 1 is 0.451 bits per heavy atom. The van der Waals surface area contributed by atoms with E-state index < -0.39 is 0 Å². The number of allylic oxidation sites excluding steroid dienone is 2. The van der Waals surface area contributed by atoms with Gasteiger partial charge in [0.2, 0.25) is 0 Å². The molecule has 242 valence electrons. The smallest absolute Gasteiger partial charge is 0.0702 e. The van der Waals surface area contributed by atoms with E-state index in [4.69, 9.17) is 0 Å². The summed E-state index contributed by atoms with van der Waals surface area (Å²) >= 11 is 0. The topological polar surface area (TPSA) is 11.4 Å². The zero-order chi connectivity index (χ0) is 33.7. The third-order valence-electron chi connectivity index (χ3n) is 10.5. The van der Waals surface area contributed by atoms with Gasteiger partial charge in [-0.05, 0) is 77.4 Å². The summed E-state index contributed by atoms with van der Waals surface area (Å²) in [6, 6.07) is 64.0. The minimum atomic E-state index is 0.204. The molecule has 7 aromatic carbocycles. The predicted molar refractivity (Wildman–Crippen MR) is 214 cm³/mol. The van der Waals surface area contributed by atoms with Gasteiger partial charge in [-0.2, -0.15) is 0 Å². The maximum Gasteiger partial charge on any atom is 0.0702 e. The first-order valence-corrected chi connectivity index (χ1v) is 17.7. The highest BCUT2D eigenvalue weighted by atomic mass is 15.2. The Labute approximate surface area is 298 Å². The van der Waals surface area contributed by atoms with E-state index in [1.807, 2.05) is 0 Å². The third-order valence-corrected chi connectivity index (χ3v) is 10.5. The summed E-state index contributed by atoms with van der Waals surface area (Å²) in [6.45, 7) is 0. The molecule has 1 aromatic heterocycles. The molecule has 0 N–H and O–H groups in total. The average Bonchev–Trinajstić information content (AvgIpc) is 3.72. The molecule has 0 saturated carbocycles. The van der Waals surface area contributed by atoms with Crippen LogP contribution in [0.2, 0.25) is 0 Å². The molecule has 8 aromatic rings. The highest BCUT2D eigenvalue weighted by Crippen LogP contribution is 2.54. The van der Waals surface area contributed by atoms with Crippen molar-refractivity contribution < 1.29 is 0 Å². The predicted octanol–water partition coefficient (Wildman–Crippen LogP) is 12.7. The number of anilines is 5. The summed E-state index contributed by atoms with van der Waals surface area (Å²) in [5.74, 6) is 0.270. The highest BCUT2D eigenvalue weighted by Gasteiger charge is 2.40. The van der Waals surface area contributed by atoms with Crippen LogP contribution in [-0.2, 0) is 0 Å². The van der Waals surface area contributed by atoms with Crippen LogP contribution in [0.1, 0.15) is 11.5 Å². The Morgan fingerprint density at radius 2 is 1.12 bits per heavy atom. The van der Waals surface area contributed by atoms with Crippen molar-refractivity contribution in [2.45, 2.75) is 12.0 Å². The number of hydrogen-bond donors (Lipinski definition) is 0. The van der Waals surface area contributed by atoms with Gasteiger partial charge in [0, 0.05) is 39.4 Å². The van der Waals surface area contributed by atoms with E-state index in [1.54, 1.807) is 0 Å². The molecule has 1 aliphatic carbocycles. The Bertz CT molecular complexity index is 2580. The minimum absolute atomic E-state index is 0.204. The molecule has 0 amide bonds. The zero-order valence-corrected chi connectivity index (χ0v) is 28.0. The number of para-hydroxylation sites is 4. The normalized spacial score (nSPS) is 16.0. The van der Waals surface area contributed by atoms with Crippen molar-refractivity contribution in [3.05, 3.63) is 206 Å². The highest BCUT2D eigenvalue weighted by molar-refractivity contribution is 6.10. The van der Waals surface area contributed by atoms with Gasteiger partial charge in [-0.15, -0.1) is 0 Å². The van der Waals surface area contributed by atoms with Crippen LogP contribution in [-0.4, -0.2) is 10.6 Å². The molecule has 51 heavy (non-hydrogen) atoms. The lowest BCUT2D eigenvalue weighted by Gasteiger charge is -2.33. The van der Waals surface area contributed by atoms with Crippen molar-refractivity contribution in [1.29, 1.82) is 0 Å². The van der Waals surface area contributed by atoms with Gasteiger partial charge >= 0.3 is 0 Å². The largest absolute Gasteiger partial charge is 0.332 e. The van der Waals surface area contributed by atoms with Crippen LogP contribution < -0.4 is 9.80 Å². The lowest BCUT2D eigenvalue weighted by molar-refractivity contribution is 0.745. The molecule has 3 nitrogen and oxygen atoms in total. The van der Waals surface area contributed by atoms with E-state index in [9.17, 15) is 0 Å². The summed E-state index contributed by atoms with van der Waals surface area (Å²) in [6.07, 6.45) is 9.09. The van der Waals surface area contributed by atoms with Crippen molar-refractivity contribution in [2.24, 2.45) is 0 Å². The first kappa shape index (κ1) is 29.3. The van der Waals surface area contributed by atoms with Gasteiger partial charge in [-0.25, -0.2) is 0 Å². The second kappa shape index (κ2) is 12.1. The fourth-order valence-electron chi connectivity index (χ4n) is 8.24. The summed E-state index contributed by atoms with van der Waals surface area (Å²) in [5.41, 5.74) is 13.1. The molecule has 2 unspecified atom stereocenters. The molecular weight excluding hydrogens is 619 g/mol. The molecule has 0 radical (unpaired) electrons. The van der Waals surface area contributed by atoms with Crippen molar-refractivity contribution in [3.8, 4) is 16.8 Å². The summed E-state index contributed by atoms with van der Waals surface area (Å²) in [5, 5.41) is 2.48. The van der Waals surface area contributed by atoms with Crippen molar-refractivity contribution in [1.82, 2.24) is 4.57 Å². The van der Waals surface area contributed by atoms with Crippen LogP contribution in [0.5, 0.6) is 0 Å². The first-order chi connectivity index (χ1) is 25.3. The number of fused-ring (bicyclic) bond motifs is 6. The van der Waals surface area contributed by atoms with Crippen LogP contribution in [0.25, 0.3) is 38.6 Å². The number of aromatic nitrogens is 1. The quantitative estimate of drug-likeness (QED) is 0.177. The van der Waals surface area contributed by atoms with Gasteiger partial charge < -0.3 is 14.4 Å². The molecule has 10 rings (SSSR count). The van der Waals surface area contributed by atoms with Crippen LogP contribution in [0, 0.1) is 0 Å². The van der Waals surface area contributed by atoms with Gasteiger partial charge in [-0.1, -0.05) is 140 Å². The molecule has 2 aliphatic rings. The fraction of sp³-hybridized carbons (Fsp3) is 0.0417. The van der Waals surface area contributed by atoms with Crippen molar-refractivity contribution in [3.63, 3.8) is 0 Å². The van der Waals surface area contributed by atoms with Crippen LogP contribution in [0.4, 0.5) is 28.4 Å². The second-order valence-corrected chi connectivity index (χ2v) is 13.3. The lowest BCUT2D eigenvalue weighted by atomic mass is 9.91. The van der Waals surface area contributed by atoms with Crippen molar-refractivity contribution >= 4 is 50.2 Å². The zero-order valence-electron chi connectivity index (χ0n) is 28.0. The van der Waals surface area contributed by atoms with Gasteiger partial charge in [0.1, 0.15) is 0 Å². The summed E-state index contributed by atoms with van der Waals surface area (Å²) < 4.78 is 2.42. The molecule has 0 bridgehead atoms. The molecule has 2 atom stereocenters. The first-order valence-electron chi connectivity index (χ1n) is 17.7. The Balaban J connectivity index is 1.19. The lowest BCUT2D eigenvalue weighted by Crippen LogP contribution is -2.29. The second-order valence-electron chi connectivity index (χ2n) is 13.3. The molecule has 0 saturated heterocycles. The van der Waals surface area contributed by atoms with Crippen LogP contribution >= 0.6 is 0 Å². The van der Waals surface area contributed by atoms with Crippen LogP contribution in [0.3, 0.4) is 0 Å². The van der Waals surface area contributed by atoms with Gasteiger partial charge in [0.25, 0.3) is 0 Å². The Morgan fingerprint density at radius 3 is 1.92 bits per heavy atom. The van der Waals surface area contributed by atoms with Gasteiger partial charge in [0.05, 0.1) is 28.5 Å². The van der Waals surface area contributed by atoms with E-state index in [0.717, 1.165) is 22.7 Å². The molecule has 2 heterocycles. The van der Waals surface area contributed by atoms with E-state index in [-0.39, 0.29) is 12.0 Å². The molecule has 0 spiro atoms. The molecular formula is C48H35N3. The molecule has 3 heteroatoms. The summed E-state index contributed by atoms with van der Waals surface area (Å²) in [4.78, 5) is 4.98. The van der Waals surface area contributed by atoms with E-state index in [1.165, 1.54) is 49.9 Å². The van der Waals surface area contributed by atoms with Crippen molar-refractivity contribution in [2.75, 3.05) is 9.80 Å². The van der Waals surface area contributed by atoms with E-state index in [0.29, 0.717) is 0 Å². The van der Waals surface area contributed by atoms with Crippen LogP contribution in [0.15, 0.2) is 200 Å². The maximum absolute atomic E-state index is 2.54. The van der Waals surface area contributed by atoms with Gasteiger partial charge in [-0.3, -0.25) is 0 Å². The molecule has 1 aliphatic heterocycles. The number of rotatable bonds is 6. The number of benzene rings is 7. The minimum Gasteiger partial charge on any atom is -0.332 e. The molecule has 0 fully saturated rings. The monoisotopic (exact) mass is 653 g/mol. The SMILES string of the molecule is C1=CC2c3cccc(N(c4ccccc4)c4ccc5c6ccccc6n(-c6ccc(-c7ccccc7)cc6)c5c4)c3N(c3ccccc3)C2C=C1. The third kappa shape index (κ3) is 4.81. The fourth-order valence-corrected chi connectivity index (χ4v) is 8.24. The maximum atomic E-state index is 2.54. The Hall–Kier alpha value is -6.58. The number of hydrogen-bond acceptors (Lipinski definition) is 2. The number of nitrogens with zero attached hydrogens (tertiary/aromatic N) is 3. The standard InChI is InChI=1S/C48H35N3/c1-4-15-34(16-5-1)35-27-29-38(30-28-35)50-44-24-12-10-21-40(44)42-32-31-39(33-47(42)50)49(36-17-6-2-7-18-36)46-26-14-23-43-41-22-11-13-25-45(41)51(48(43)46)37-19-8-3-9-20-37/h1-33,41,45H. The van der Waals surface area contributed by atoms with E-state index >= 15 is 0 Å². The average molecular weight is 654 g/mol. The Kier molecular flexibility index (Phi) is 6.95. The van der Waals surface area contributed by atoms with E-state index in [2.05, 4.69) is 215 Å². The summed E-state index contributed by atoms with van der Waals surface area (Å²) in [7, 11) is 0. The van der Waals surface area contributed by atoms with Gasteiger partial charge in [0.15, 0.2) is 0 Å².